The van der Waals surface area contributed by atoms with Crippen molar-refractivity contribution < 1.29 is 9.72 Å². The normalized spacial score (nSPS) is 13.5. The lowest BCUT2D eigenvalue weighted by molar-refractivity contribution is -0.385. The first-order valence-electron chi connectivity index (χ1n) is 6.27. The monoisotopic (exact) mass is 305 g/mol. The van der Waals surface area contributed by atoms with E-state index in [9.17, 15) is 14.9 Å². The summed E-state index contributed by atoms with van der Waals surface area (Å²) >= 11 is 1.57. The van der Waals surface area contributed by atoms with Crippen molar-refractivity contribution >= 4 is 29.3 Å². The Morgan fingerprint density at radius 3 is 3.00 bits per heavy atom. The van der Waals surface area contributed by atoms with E-state index in [-0.39, 0.29) is 11.3 Å². The van der Waals surface area contributed by atoms with Crippen LogP contribution in [0, 0.1) is 10.1 Å². The first-order valence-corrected chi connectivity index (χ1v) is 7.26. The fourth-order valence-corrected chi connectivity index (χ4v) is 2.96. The quantitative estimate of drug-likeness (QED) is 0.686. The molecule has 8 nitrogen and oxygen atoms in total. The molecule has 2 aromatic rings. The molecule has 0 saturated heterocycles. The van der Waals surface area contributed by atoms with E-state index in [0.29, 0.717) is 5.95 Å². The third kappa shape index (κ3) is 2.59. The molecule has 3 rings (SSSR count). The lowest BCUT2D eigenvalue weighted by atomic mass is 10.1. The second-order valence-corrected chi connectivity index (χ2v) is 5.45. The van der Waals surface area contributed by atoms with Crippen LogP contribution >= 0.6 is 11.8 Å². The van der Waals surface area contributed by atoms with Crippen LogP contribution in [0.2, 0.25) is 0 Å². The predicted octanol–water partition coefficient (Wildman–Crippen LogP) is 1.93. The van der Waals surface area contributed by atoms with Crippen LogP contribution in [0.3, 0.4) is 0 Å². The minimum atomic E-state index is -0.579. The minimum absolute atomic E-state index is 0.00307. The predicted molar refractivity (Wildman–Crippen MR) is 76.4 cm³/mol. The van der Waals surface area contributed by atoms with Gasteiger partial charge in [0, 0.05) is 18.4 Å². The van der Waals surface area contributed by atoms with Crippen molar-refractivity contribution in [3.63, 3.8) is 0 Å². The third-order valence-corrected chi connectivity index (χ3v) is 4.10. The number of hydrogen-bond acceptors (Lipinski definition) is 6. The summed E-state index contributed by atoms with van der Waals surface area (Å²) in [7, 11) is 0. The van der Waals surface area contributed by atoms with Crippen molar-refractivity contribution in [1.82, 2.24) is 14.8 Å². The SMILES string of the molecule is O=C(Nc1nnc2n1CCCS2)c1ccccc1[N+](=O)[O-]. The molecule has 0 atom stereocenters. The number of thioether (sulfide) groups is 1. The number of benzene rings is 1. The van der Waals surface area contributed by atoms with Gasteiger partial charge in [0.05, 0.1) is 4.92 Å². The standard InChI is InChI=1S/C12H11N5O3S/c18-10(8-4-1-2-5-9(8)17(19)20)13-11-14-15-12-16(11)6-3-7-21-12/h1-2,4-5H,3,6-7H2,(H,13,14,18). The smallest absolute Gasteiger partial charge is 0.282 e. The molecule has 1 aromatic carbocycles. The summed E-state index contributed by atoms with van der Waals surface area (Å²) < 4.78 is 1.81. The molecule has 108 valence electrons. The molecule has 21 heavy (non-hydrogen) atoms. The number of carbonyl (C=O) groups excluding carboxylic acids is 1. The summed E-state index contributed by atoms with van der Waals surface area (Å²) in [6.45, 7) is 0.724. The van der Waals surface area contributed by atoms with Gasteiger partial charge in [0.1, 0.15) is 5.56 Å². The van der Waals surface area contributed by atoms with Crippen LogP contribution in [-0.4, -0.2) is 31.3 Å². The first-order chi connectivity index (χ1) is 10.2. The number of nitrogens with one attached hydrogen (secondary N) is 1. The first kappa shape index (κ1) is 13.6. The molecule has 0 aliphatic carbocycles. The number of anilines is 1. The van der Waals surface area contributed by atoms with Crippen LogP contribution in [0.25, 0.3) is 0 Å². The molecule has 2 heterocycles. The van der Waals surface area contributed by atoms with Crippen LogP contribution in [0.5, 0.6) is 0 Å². The van der Waals surface area contributed by atoms with Gasteiger partial charge in [0.25, 0.3) is 11.6 Å². The van der Waals surface area contributed by atoms with Gasteiger partial charge in [-0.1, -0.05) is 23.9 Å². The van der Waals surface area contributed by atoms with Crippen LogP contribution in [0.4, 0.5) is 11.6 Å². The Balaban J connectivity index is 1.87. The van der Waals surface area contributed by atoms with Crippen molar-refractivity contribution in [3.05, 3.63) is 39.9 Å². The van der Waals surface area contributed by atoms with E-state index in [4.69, 9.17) is 0 Å². The largest absolute Gasteiger partial charge is 0.290 e. The van der Waals surface area contributed by atoms with Gasteiger partial charge in [0.15, 0.2) is 5.16 Å². The zero-order chi connectivity index (χ0) is 14.8. The fourth-order valence-electron chi connectivity index (χ4n) is 2.07. The second kappa shape index (κ2) is 5.52. The molecule has 1 aromatic heterocycles. The van der Waals surface area contributed by atoms with Gasteiger partial charge in [-0.3, -0.25) is 24.8 Å². The molecule has 0 unspecified atom stereocenters. The average molecular weight is 305 g/mol. The van der Waals surface area contributed by atoms with Crippen LogP contribution in [0.15, 0.2) is 29.4 Å². The highest BCUT2D eigenvalue weighted by Crippen LogP contribution is 2.26. The van der Waals surface area contributed by atoms with Gasteiger partial charge in [-0.15, -0.1) is 10.2 Å². The summed E-state index contributed by atoms with van der Waals surface area (Å²) in [5.41, 5.74) is -0.230. The third-order valence-electron chi connectivity index (χ3n) is 3.04. The van der Waals surface area contributed by atoms with Crippen LogP contribution < -0.4 is 5.32 Å². The lowest BCUT2D eigenvalue weighted by Gasteiger charge is -2.14. The highest BCUT2D eigenvalue weighted by atomic mass is 32.2. The average Bonchev–Trinajstić information content (AvgIpc) is 2.90. The number of amides is 1. The number of carbonyl (C=O) groups is 1. The van der Waals surface area contributed by atoms with Crippen molar-refractivity contribution in [2.24, 2.45) is 0 Å². The molecular weight excluding hydrogens is 294 g/mol. The molecular formula is C12H11N5O3S. The number of nitro groups is 1. The minimum Gasteiger partial charge on any atom is -0.290 e. The number of nitrogens with zero attached hydrogens (tertiary/aromatic N) is 4. The van der Waals surface area contributed by atoms with Gasteiger partial charge in [-0.25, -0.2) is 0 Å². The van der Waals surface area contributed by atoms with Gasteiger partial charge >= 0.3 is 0 Å². The van der Waals surface area contributed by atoms with Gasteiger partial charge in [0.2, 0.25) is 5.95 Å². The molecule has 9 heteroatoms. The van der Waals surface area contributed by atoms with Crippen molar-refractivity contribution in [2.45, 2.75) is 18.1 Å². The Hall–Kier alpha value is -2.42. The highest BCUT2D eigenvalue weighted by Gasteiger charge is 2.22. The Kier molecular flexibility index (Phi) is 3.57. The van der Waals surface area contributed by atoms with E-state index in [1.807, 2.05) is 0 Å². The zero-order valence-electron chi connectivity index (χ0n) is 10.9. The van der Waals surface area contributed by atoms with E-state index in [1.165, 1.54) is 18.2 Å². The van der Waals surface area contributed by atoms with E-state index in [2.05, 4.69) is 15.5 Å². The van der Waals surface area contributed by atoms with E-state index >= 15 is 0 Å². The Labute approximate surface area is 123 Å². The molecule has 1 N–H and O–H groups in total. The number of hydrogen-bond donors (Lipinski definition) is 1. The van der Waals surface area contributed by atoms with E-state index in [1.54, 1.807) is 22.4 Å². The number of nitro benzene ring substituents is 1. The molecule has 1 aliphatic heterocycles. The molecule has 0 radical (unpaired) electrons. The second-order valence-electron chi connectivity index (χ2n) is 4.39. The maximum atomic E-state index is 12.2. The van der Waals surface area contributed by atoms with Crippen LogP contribution in [-0.2, 0) is 6.54 Å². The Morgan fingerprint density at radius 2 is 2.19 bits per heavy atom. The number of aromatic nitrogens is 3. The summed E-state index contributed by atoms with van der Waals surface area (Å²) in [6.07, 6.45) is 0.962. The topological polar surface area (TPSA) is 103 Å². The summed E-state index contributed by atoms with van der Waals surface area (Å²) in [4.78, 5) is 22.6. The van der Waals surface area contributed by atoms with Gasteiger partial charge in [-0.2, -0.15) is 0 Å². The van der Waals surface area contributed by atoms with Crippen molar-refractivity contribution in [2.75, 3.05) is 11.1 Å². The molecule has 0 bridgehead atoms. The Morgan fingerprint density at radius 1 is 1.38 bits per heavy atom. The maximum absolute atomic E-state index is 12.2. The van der Waals surface area contributed by atoms with Crippen molar-refractivity contribution in [3.8, 4) is 0 Å². The zero-order valence-corrected chi connectivity index (χ0v) is 11.7. The Bertz CT molecular complexity index is 715. The molecule has 1 aliphatic rings. The number of rotatable bonds is 3. The summed E-state index contributed by atoms with van der Waals surface area (Å²) in [5, 5.41) is 22.2. The van der Waals surface area contributed by atoms with Gasteiger partial charge in [-0.05, 0) is 12.5 Å². The van der Waals surface area contributed by atoms with Crippen molar-refractivity contribution in [1.29, 1.82) is 0 Å². The maximum Gasteiger partial charge on any atom is 0.282 e. The molecule has 0 saturated carbocycles. The number of para-hydroxylation sites is 1. The molecule has 1 amide bonds. The fraction of sp³-hybridized carbons (Fsp3) is 0.250. The molecule has 0 fully saturated rings. The van der Waals surface area contributed by atoms with Gasteiger partial charge < -0.3 is 0 Å². The summed E-state index contributed by atoms with van der Waals surface area (Å²) in [6, 6.07) is 5.81. The van der Waals surface area contributed by atoms with Crippen LogP contribution in [0.1, 0.15) is 16.8 Å². The lowest BCUT2D eigenvalue weighted by Crippen LogP contribution is -2.18. The summed E-state index contributed by atoms with van der Waals surface area (Å²) in [5.74, 6) is 0.726. The number of fused-ring (bicyclic) bond motifs is 1. The van der Waals surface area contributed by atoms with E-state index < -0.39 is 10.8 Å². The highest BCUT2D eigenvalue weighted by molar-refractivity contribution is 7.99. The van der Waals surface area contributed by atoms with E-state index in [0.717, 1.165) is 23.9 Å². The molecule has 0 spiro atoms.